The van der Waals surface area contributed by atoms with Gasteiger partial charge in [-0.1, -0.05) is 27.7 Å². The van der Waals surface area contributed by atoms with Crippen molar-refractivity contribution < 1.29 is 9.90 Å². The fourth-order valence-electron chi connectivity index (χ4n) is 1.52. The predicted molar refractivity (Wildman–Crippen MR) is 70.8 cm³/mol. The second-order valence-corrected chi connectivity index (χ2v) is 5.10. The standard InChI is InChI=1S/C13H28N2O2/c1-6-13(7-2,9-16)14-8-12(17)15-11(5)10(3)4/h10-11,14,16H,6-9H2,1-5H3,(H,15,17). The lowest BCUT2D eigenvalue weighted by Crippen LogP contribution is -2.52. The van der Waals surface area contributed by atoms with E-state index in [9.17, 15) is 9.90 Å². The Bertz CT molecular complexity index is 217. The van der Waals surface area contributed by atoms with Gasteiger partial charge in [-0.15, -0.1) is 0 Å². The third-order valence-corrected chi connectivity index (χ3v) is 3.67. The minimum Gasteiger partial charge on any atom is -0.394 e. The Labute approximate surface area is 105 Å². The molecule has 0 heterocycles. The fraction of sp³-hybridized carbons (Fsp3) is 0.923. The van der Waals surface area contributed by atoms with Crippen molar-refractivity contribution >= 4 is 5.91 Å². The number of hydrogen-bond donors (Lipinski definition) is 3. The van der Waals surface area contributed by atoms with Crippen LogP contribution in [0.15, 0.2) is 0 Å². The summed E-state index contributed by atoms with van der Waals surface area (Å²) in [5.41, 5.74) is -0.321. The van der Waals surface area contributed by atoms with Crippen molar-refractivity contribution in [1.29, 1.82) is 0 Å². The summed E-state index contributed by atoms with van der Waals surface area (Å²) in [6.07, 6.45) is 1.63. The van der Waals surface area contributed by atoms with Crippen LogP contribution in [0.3, 0.4) is 0 Å². The van der Waals surface area contributed by atoms with E-state index in [4.69, 9.17) is 0 Å². The molecule has 0 saturated heterocycles. The van der Waals surface area contributed by atoms with Crippen LogP contribution >= 0.6 is 0 Å². The molecule has 1 amide bonds. The highest BCUT2D eigenvalue weighted by Gasteiger charge is 2.25. The van der Waals surface area contributed by atoms with Crippen LogP contribution < -0.4 is 10.6 Å². The predicted octanol–water partition coefficient (Wildman–Crippen LogP) is 1.29. The highest BCUT2D eigenvalue weighted by molar-refractivity contribution is 5.78. The van der Waals surface area contributed by atoms with Gasteiger partial charge in [0, 0.05) is 11.6 Å². The Kier molecular flexibility index (Phi) is 7.39. The van der Waals surface area contributed by atoms with E-state index in [1.807, 2.05) is 20.8 Å². The molecule has 0 spiro atoms. The maximum atomic E-state index is 11.7. The van der Waals surface area contributed by atoms with Crippen molar-refractivity contribution in [3.05, 3.63) is 0 Å². The van der Waals surface area contributed by atoms with Gasteiger partial charge in [0.2, 0.25) is 5.91 Å². The van der Waals surface area contributed by atoms with Crippen molar-refractivity contribution in [1.82, 2.24) is 10.6 Å². The first kappa shape index (κ1) is 16.4. The summed E-state index contributed by atoms with van der Waals surface area (Å²) >= 11 is 0. The molecule has 3 N–H and O–H groups in total. The molecule has 4 heteroatoms. The van der Waals surface area contributed by atoms with Crippen molar-refractivity contribution in [3.63, 3.8) is 0 Å². The Morgan fingerprint density at radius 2 is 1.76 bits per heavy atom. The number of nitrogens with one attached hydrogen (secondary N) is 2. The van der Waals surface area contributed by atoms with E-state index in [-0.39, 0.29) is 30.6 Å². The number of amides is 1. The molecular weight excluding hydrogens is 216 g/mol. The SMILES string of the molecule is CCC(CC)(CO)NCC(=O)NC(C)C(C)C. The molecule has 0 radical (unpaired) electrons. The van der Waals surface area contributed by atoms with E-state index >= 15 is 0 Å². The Hall–Kier alpha value is -0.610. The van der Waals surface area contributed by atoms with E-state index in [1.165, 1.54) is 0 Å². The van der Waals surface area contributed by atoms with E-state index in [0.29, 0.717) is 5.92 Å². The highest BCUT2D eigenvalue weighted by atomic mass is 16.3. The Morgan fingerprint density at radius 1 is 1.24 bits per heavy atom. The maximum Gasteiger partial charge on any atom is 0.234 e. The number of carbonyl (C=O) groups is 1. The molecule has 1 atom stereocenters. The van der Waals surface area contributed by atoms with Crippen LogP contribution in [-0.2, 0) is 4.79 Å². The van der Waals surface area contributed by atoms with Gasteiger partial charge < -0.3 is 15.7 Å². The first-order chi connectivity index (χ1) is 7.90. The molecule has 0 aliphatic rings. The summed E-state index contributed by atoms with van der Waals surface area (Å²) in [7, 11) is 0. The average molecular weight is 244 g/mol. The second kappa shape index (κ2) is 7.67. The van der Waals surface area contributed by atoms with Gasteiger partial charge in [-0.3, -0.25) is 4.79 Å². The summed E-state index contributed by atoms with van der Waals surface area (Å²) < 4.78 is 0. The lowest BCUT2D eigenvalue weighted by Gasteiger charge is -2.31. The largest absolute Gasteiger partial charge is 0.394 e. The van der Waals surface area contributed by atoms with E-state index < -0.39 is 0 Å². The van der Waals surface area contributed by atoms with Crippen LogP contribution in [-0.4, -0.2) is 35.7 Å². The molecule has 4 nitrogen and oxygen atoms in total. The summed E-state index contributed by atoms with van der Waals surface area (Å²) in [6, 6.07) is 0.177. The van der Waals surface area contributed by atoms with Gasteiger partial charge >= 0.3 is 0 Å². The van der Waals surface area contributed by atoms with Crippen molar-refractivity contribution in [2.75, 3.05) is 13.2 Å². The van der Waals surface area contributed by atoms with Crippen molar-refractivity contribution in [3.8, 4) is 0 Å². The third-order valence-electron chi connectivity index (χ3n) is 3.67. The lowest BCUT2D eigenvalue weighted by molar-refractivity contribution is -0.121. The average Bonchev–Trinajstić information content (AvgIpc) is 2.31. The second-order valence-electron chi connectivity index (χ2n) is 5.10. The van der Waals surface area contributed by atoms with Crippen LogP contribution in [0.25, 0.3) is 0 Å². The third kappa shape index (κ3) is 5.50. The van der Waals surface area contributed by atoms with Gasteiger partial charge in [-0.05, 0) is 25.7 Å². The van der Waals surface area contributed by atoms with Crippen LogP contribution in [0, 0.1) is 5.92 Å². The van der Waals surface area contributed by atoms with E-state index in [0.717, 1.165) is 12.8 Å². The maximum absolute atomic E-state index is 11.7. The van der Waals surface area contributed by atoms with Gasteiger partial charge in [0.25, 0.3) is 0 Å². The molecule has 0 aromatic heterocycles. The van der Waals surface area contributed by atoms with Crippen LogP contribution in [0.5, 0.6) is 0 Å². The van der Waals surface area contributed by atoms with Gasteiger partial charge in [0.05, 0.1) is 13.2 Å². The molecule has 0 aromatic carbocycles. The number of rotatable bonds is 8. The van der Waals surface area contributed by atoms with Gasteiger partial charge in [0.15, 0.2) is 0 Å². The van der Waals surface area contributed by atoms with Crippen LogP contribution in [0.4, 0.5) is 0 Å². The summed E-state index contributed by atoms with van der Waals surface area (Å²) in [4.78, 5) is 11.7. The van der Waals surface area contributed by atoms with Crippen LogP contribution in [0.2, 0.25) is 0 Å². The molecular formula is C13H28N2O2. The Morgan fingerprint density at radius 3 is 2.12 bits per heavy atom. The topological polar surface area (TPSA) is 61.4 Å². The van der Waals surface area contributed by atoms with Crippen LogP contribution in [0.1, 0.15) is 47.5 Å². The minimum absolute atomic E-state index is 0.00840. The quantitative estimate of drug-likeness (QED) is 0.603. The molecule has 0 aromatic rings. The van der Waals surface area contributed by atoms with Gasteiger partial charge in [-0.2, -0.15) is 0 Å². The molecule has 0 rings (SSSR count). The van der Waals surface area contributed by atoms with Crippen molar-refractivity contribution in [2.24, 2.45) is 5.92 Å². The van der Waals surface area contributed by atoms with Gasteiger partial charge in [0.1, 0.15) is 0 Å². The zero-order valence-electron chi connectivity index (χ0n) is 11.8. The Balaban J connectivity index is 4.14. The molecule has 1 unspecified atom stereocenters. The molecule has 0 aliphatic heterocycles. The highest BCUT2D eigenvalue weighted by Crippen LogP contribution is 2.13. The first-order valence-electron chi connectivity index (χ1n) is 6.56. The van der Waals surface area contributed by atoms with E-state index in [2.05, 4.69) is 24.5 Å². The van der Waals surface area contributed by atoms with E-state index in [1.54, 1.807) is 0 Å². The van der Waals surface area contributed by atoms with Gasteiger partial charge in [-0.25, -0.2) is 0 Å². The molecule has 0 saturated carbocycles. The minimum atomic E-state index is -0.321. The number of aliphatic hydroxyl groups excluding tert-OH is 1. The molecule has 102 valence electrons. The number of carbonyl (C=O) groups excluding carboxylic acids is 1. The smallest absolute Gasteiger partial charge is 0.234 e. The zero-order valence-corrected chi connectivity index (χ0v) is 11.8. The normalized spacial score (nSPS) is 13.8. The summed E-state index contributed by atoms with van der Waals surface area (Å²) in [5, 5.41) is 15.5. The molecule has 17 heavy (non-hydrogen) atoms. The molecule has 0 aliphatic carbocycles. The molecule has 0 bridgehead atoms. The number of hydrogen-bond acceptors (Lipinski definition) is 3. The monoisotopic (exact) mass is 244 g/mol. The lowest BCUT2D eigenvalue weighted by atomic mass is 9.94. The van der Waals surface area contributed by atoms with Crippen molar-refractivity contribution in [2.45, 2.75) is 59.0 Å². The fourth-order valence-corrected chi connectivity index (χ4v) is 1.52. The summed E-state index contributed by atoms with van der Waals surface area (Å²) in [6.45, 7) is 10.5. The first-order valence-corrected chi connectivity index (χ1v) is 6.56. The number of aliphatic hydroxyl groups is 1. The summed E-state index contributed by atoms with van der Waals surface area (Å²) in [5.74, 6) is 0.421. The zero-order chi connectivity index (χ0) is 13.5. The molecule has 0 fully saturated rings.